The third-order valence-corrected chi connectivity index (χ3v) is 6.47. The van der Waals surface area contributed by atoms with Gasteiger partial charge in [-0.2, -0.15) is 18.4 Å². The molecule has 4 aromatic rings. The van der Waals surface area contributed by atoms with Crippen molar-refractivity contribution in [3.05, 3.63) is 93.0 Å². The number of aromatic nitrogens is 1. The summed E-state index contributed by atoms with van der Waals surface area (Å²) in [5, 5.41) is 9.24. The van der Waals surface area contributed by atoms with E-state index in [9.17, 15) is 18.0 Å². The van der Waals surface area contributed by atoms with E-state index in [1.807, 2.05) is 6.07 Å². The predicted molar refractivity (Wildman–Crippen MR) is 143 cm³/mol. The number of ketones is 1. The number of benzene rings is 3. The molecule has 3 aromatic carbocycles. The second-order valence-electron chi connectivity index (χ2n) is 9.03. The Morgan fingerprint density at radius 2 is 1.72 bits per heavy atom. The molecule has 0 fully saturated rings. The molecule has 10 heteroatoms. The normalized spacial score (nSPS) is 12.3. The SMILES string of the molecule is CC(C)Oc1cc(C(F)(F)F)c2cc(C(=O)C(C)c3ccc(Oc4ccc(C#N)cc4Cl)cc3Cl)ccc2n1. The number of hydrogen-bond acceptors (Lipinski definition) is 5. The molecule has 0 N–H and O–H groups in total. The van der Waals surface area contributed by atoms with Crippen LogP contribution in [0.25, 0.3) is 10.9 Å². The number of nitrogens with zero attached hydrogens (tertiary/aromatic N) is 2. The van der Waals surface area contributed by atoms with Crippen molar-refractivity contribution >= 4 is 39.9 Å². The minimum atomic E-state index is -4.68. The van der Waals surface area contributed by atoms with Gasteiger partial charge in [0.1, 0.15) is 11.5 Å². The van der Waals surface area contributed by atoms with Crippen LogP contribution >= 0.6 is 23.2 Å². The number of nitriles is 1. The number of fused-ring (bicyclic) bond motifs is 1. The van der Waals surface area contributed by atoms with Gasteiger partial charge >= 0.3 is 6.18 Å². The van der Waals surface area contributed by atoms with Crippen molar-refractivity contribution in [3.63, 3.8) is 0 Å². The van der Waals surface area contributed by atoms with E-state index in [0.29, 0.717) is 22.6 Å². The number of Topliss-reactive ketones (excluding diaryl/α,β-unsaturated/α-hetero) is 1. The van der Waals surface area contributed by atoms with Gasteiger partial charge in [0.15, 0.2) is 5.78 Å². The number of halogens is 5. The monoisotopic (exact) mass is 572 g/mol. The first kappa shape index (κ1) is 28.2. The zero-order valence-corrected chi connectivity index (χ0v) is 22.4. The van der Waals surface area contributed by atoms with Crippen LogP contribution < -0.4 is 9.47 Å². The third-order valence-electron chi connectivity index (χ3n) is 5.85. The minimum absolute atomic E-state index is 0.0608. The van der Waals surface area contributed by atoms with E-state index in [2.05, 4.69) is 4.98 Å². The van der Waals surface area contributed by atoms with Crippen LogP contribution in [0, 0.1) is 11.3 Å². The zero-order valence-electron chi connectivity index (χ0n) is 20.9. The molecule has 0 amide bonds. The van der Waals surface area contributed by atoms with Crippen LogP contribution in [0.3, 0.4) is 0 Å². The first-order valence-electron chi connectivity index (χ1n) is 11.8. The van der Waals surface area contributed by atoms with Crippen molar-refractivity contribution in [3.8, 4) is 23.4 Å². The lowest BCUT2D eigenvalue weighted by Crippen LogP contribution is -2.13. The molecule has 1 unspecified atom stereocenters. The van der Waals surface area contributed by atoms with Gasteiger partial charge in [0.25, 0.3) is 0 Å². The summed E-state index contributed by atoms with van der Waals surface area (Å²) in [6.07, 6.45) is -5.04. The van der Waals surface area contributed by atoms with Crippen molar-refractivity contribution in [1.29, 1.82) is 5.26 Å². The number of carbonyl (C=O) groups is 1. The maximum absolute atomic E-state index is 13.9. The van der Waals surface area contributed by atoms with Gasteiger partial charge in [0.05, 0.1) is 33.8 Å². The quantitative estimate of drug-likeness (QED) is 0.206. The molecule has 0 saturated heterocycles. The van der Waals surface area contributed by atoms with Crippen LogP contribution in [0.1, 0.15) is 53.7 Å². The predicted octanol–water partition coefficient (Wildman–Crippen LogP) is 9.00. The molecular weight excluding hydrogens is 552 g/mol. The van der Waals surface area contributed by atoms with Crippen molar-refractivity contribution in [2.24, 2.45) is 0 Å². The van der Waals surface area contributed by atoms with Gasteiger partial charge in [0, 0.05) is 28.0 Å². The van der Waals surface area contributed by atoms with E-state index in [1.165, 1.54) is 30.3 Å². The second-order valence-corrected chi connectivity index (χ2v) is 9.85. The number of alkyl halides is 3. The molecule has 4 rings (SSSR count). The molecule has 5 nitrogen and oxygen atoms in total. The molecular formula is C29H21Cl2F3N2O3. The van der Waals surface area contributed by atoms with E-state index in [-0.39, 0.29) is 38.5 Å². The lowest BCUT2D eigenvalue weighted by atomic mass is 9.91. The molecule has 0 aliphatic carbocycles. The van der Waals surface area contributed by atoms with E-state index in [1.54, 1.807) is 45.0 Å². The Kier molecular flexibility index (Phi) is 8.05. The lowest BCUT2D eigenvalue weighted by Gasteiger charge is -2.17. The molecule has 0 bridgehead atoms. The van der Waals surface area contributed by atoms with Crippen molar-refractivity contribution in [2.75, 3.05) is 0 Å². The Bertz CT molecular complexity index is 1610. The van der Waals surface area contributed by atoms with Crippen molar-refractivity contribution in [2.45, 2.75) is 39.0 Å². The van der Waals surface area contributed by atoms with Gasteiger partial charge < -0.3 is 9.47 Å². The maximum atomic E-state index is 13.9. The van der Waals surface area contributed by atoms with Crippen LogP contribution in [-0.2, 0) is 6.18 Å². The summed E-state index contributed by atoms with van der Waals surface area (Å²) in [6, 6.07) is 16.1. The highest BCUT2D eigenvalue weighted by Gasteiger charge is 2.34. The molecule has 1 atom stereocenters. The largest absolute Gasteiger partial charge is 0.475 e. The van der Waals surface area contributed by atoms with Crippen molar-refractivity contribution in [1.82, 2.24) is 4.98 Å². The van der Waals surface area contributed by atoms with Gasteiger partial charge in [-0.3, -0.25) is 4.79 Å². The summed E-state index contributed by atoms with van der Waals surface area (Å²) in [4.78, 5) is 17.5. The van der Waals surface area contributed by atoms with E-state index in [0.717, 1.165) is 6.07 Å². The summed E-state index contributed by atoms with van der Waals surface area (Å²) >= 11 is 12.6. The average Bonchev–Trinajstić information content (AvgIpc) is 2.87. The first-order valence-corrected chi connectivity index (χ1v) is 12.5. The Labute approximate surface area is 232 Å². The fraction of sp³-hybridized carbons (Fsp3) is 0.207. The van der Waals surface area contributed by atoms with E-state index < -0.39 is 23.4 Å². The molecule has 200 valence electrons. The summed E-state index contributed by atoms with van der Waals surface area (Å²) in [6.45, 7) is 5.00. The highest BCUT2D eigenvalue weighted by molar-refractivity contribution is 6.32. The summed E-state index contributed by atoms with van der Waals surface area (Å²) in [5.74, 6) is -0.669. The maximum Gasteiger partial charge on any atom is 0.417 e. The number of pyridine rings is 1. The van der Waals surface area contributed by atoms with Gasteiger partial charge in [0.2, 0.25) is 5.88 Å². The van der Waals surface area contributed by atoms with Crippen LogP contribution in [0.5, 0.6) is 17.4 Å². The smallest absolute Gasteiger partial charge is 0.417 e. The summed E-state index contributed by atoms with van der Waals surface area (Å²) in [7, 11) is 0. The van der Waals surface area contributed by atoms with Crippen LogP contribution in [0.15, 0.2) is 60.7 Å². The average molecular weight is 573 g/mol. The molecule has 39 heavy (non-hydrogen) atoms. The van der Waals surface area contributed by atoms with Crippen molar-refractivity contribution < 1.29 is 27.4 Å². The van der Waals surface area contributed by atoms with Crippen LogP contribution in [0.4, 0.5) is 13.2 Å². The third kappa shape index (κ3) is 6.27. The number of hydrogen-bond donors (Lipinski definition) is 0. The molecule has 0 spiro atoms. The van der Waals surface area contributed by atoms with Crippen LogP contribution in [-0.4, -0.2) is 16.9 Å². The Balaban J connectivity index is 1.63. The minimum Gasteiger partial charge on any atom is -0.475 e. The fourth-order valence-corrected chi connectivity index (χ4v) is 4.54. The number of rotatable bonds is 7. The zero-order chi connectivity index (χ0) is 28.5. The Morgan fingerprint density at radius 1 is 0.974 bits per heavy atom. The van der Waals surface area contributed by atoms with E-state index in [4.69, 9.17) is 37.9 Å². The molecule has 0 aliphatic rings. The Morgan fingerprint density at radius 3 is 2.33 bits per heavy atom. The molecule has 0 saturated carbocycles. The number of ether oxygens (including phenoxy) is 2. The second kappa shape index (κ2) is 11.1. The van der Waals surface area contributed by atoms with Gasteiger partial charge in [-0.1, -0.05) is 36.2 Å². The topological polar surface area (TPSA) is 72.2 Å². The lowest BCUT2D eigenvalue weighted by molar-refractivity contribution is -0.136. The van der Waals surface area contributed by atoms with Gasteiger partial charge in [-0.25, -0.2) is 4.98 Å². The fourth-order valence-electron chi connectivity index (χ4n) is 3.99. The summed E-state index contributed by atoms with van der Waals surface area (Å²) < 4.78 is 52.8. The first-order chi connectivity index (χ1) is 18.4. The molecule has 1 aromatic heterocycles. The number of carbonyl (C=O) groups excluding carboxylic acids is 1. The standard InChI is InChI=1S/C29H21Cl2F3N2O3/c1-15(2)38-27-13-22(29(32,33)34)21-11-18(5-8-25(21)36-27)28(37)16(3)20-7-6-19(12-23(20)30)39-26-9-4-17(14-35)10-24(26)31/h4-13,15-16H,1-3H3. The highest BCUT2D eigenvalue weighted by Crippen LogP contribution is 2.38. The molecule has 0 aliphatic heterocycles. The molecule has 1 heterocycles. The Hall–Kier alpha value is -3.80. The van der Waals surface area contributed by atoms with Gasteiger partial charge in [-0.15, -0.1) is 0 Å². The van der Waals surface area contributed by atoms with Gasteiger partial charge in [-0.05, 0) is 67.9 Å². The highest BCUT2D eigenvalue weighted by atomic mass is 35.5. The van der Waals surface area contributed by atoms with E-state index >= 15 is 0 Å². The molecule has 0 radical (unpaired) electrons. The summed E-state index contributed by atoms with van der Waals surface area (Å²) in [5.41, 5.74) is 0.0526. The van der Waals surface area contributed by atoms with Crippen LogP contribution in [0.2, 0.25) is 10.0 Å².